The first kappa shape index (κ1) is 50.7. The Morgan fingerprint density at radius 3 is 2.36 bits per heavy atom. The highest BCUT2D eigenvalue weighted by Gasteiger charge is 2.30. The van der Waals surface area contributed by atoms with Crippen LogP contribution >= 0.6 is 11.6 Å². The number of alkyl halides is 3. The van der Waals surface area contributed by atoms with E-state index in [4.69, 9.17) is 36.6 Å². The number of nitrogens with one attached hydrogen (secondary N) is 2. The van der Waals surface area contributed by atoms with E-state index in [-0.39, 0.29) is 22.8 Å². The molecule has 0 bridgehead atoms. The maximum atomic E-state index is 13.7. The number of allylic oxidation sites excluding steroid dienone is 2. The van der Waals surface area contributed by atoms with E-state index in [9.17, 15) is 23.1 Å². The summed E-state index contributed by atoms with van der Waals surface area (Å²) in [6.07, 6.45) is -3.12. The number of halogens is 4. The van der Waals surface area contributed by atoms with E-state index >= 15 is 0 Å². The predicted molar refractivity (Wildman–Crippen MR) is 219 cm³/mol. The van der Waals surface area contributed by atoms with Gasteiger partial charge in [-0.2, -0.15) is 22.9 Å². The zero-order valence-electron chi connectivity index (χ0n) is 33.1. The van der Waals surface area contributed by atoms with Gasteiger partial charge in [0, 0.05) is 57.1 Å². The molecule has 4 rings (SSSR count). The number of anilines is 2. The molecule has 56 heavy (non-hydrogen) atoms. The number of aryl methyl sites for hydroxylation is 2. The summed E-state index contributed by atoms with van der Waals surface area (Å²) in [7, 11) is 3.46. The molecule has 7 N–H and O–H groups in total. The number of nitrogens with two attached hydrogens (primary N) is 2. The molecule has 3 aromatic rings. The third-order valence-electron chi connectivity index (χ3n) is 7.88. The molecule has 2 heterocycles. The standard InChI is InChI=1S/C26H38N8O3.C8H6ClF3.C2H6.CH3NO.CH2O/c1-6-21-23(33(13-11-28-3)12-10-22(29-4)24(35)17(2)27)25(36)34(30-5)26(32-21)31-14-18-8-7-9-19-15-37-16-20(18)19;1-5-2-3-6(4-7(5)9)8(10,11)12;1-2;2-1-3;1-2/h7-9,28,35H,5-6,10-16,27H2,1-4H3,(H,31,32);2-4H,1H3;1-2H3;1H,(H2,2,3);1H2/b24-17+,29-22?;;;;. The lowest BCUT2D eigenvalue weighted by atomic mass is 10.0. The van der Waals surface area contributed by atoms with Gasteiger partial charge >= 0.3 is 6.18 Å². The van der Waals surface area contributed by atoms with Crippen LogP contribution in [0.4, 0.5) is 24.8 Å². The van der Waals surface area contributed by atoms with Crippen LogP contribution in [0.15, 0.2) is 62.7 Å². The lowest BCUT2D eigenvalue weighted by Gasteiger charge is -2.27. The summed E-state index contributed by atoms with van der Waals surface area (Å²) in [6.45, 7) is 18.1. The van der Waals surface area contributed by atoms with Crippen LogP contribution in [0, 0.1) is 6.92 Å². The fourth-order valence-corrected chi connectivity index (χ4v) is 5.31. The number of benzene rings is 2. The number of aromatic nitrogens is 2. The van der Waals surface area contributed by atoms with Crippen LogP contribution in [0.3, 0.4) is 0 Å². The highest BCUT2D eigenvalue weighted by Crippen LogP contribution is 2.31. The first-order chi connectivity index (χ1) is 26.7. The summed E-state index contributed by atoms with van der Waals surface area (Å²) in [5.74, 6) is 0.299. The van der Waals surface area contributed by atoms with Gasteiger partial charge in [-0.3, -0.25) is 14.6 Å². The van der Waals surface area contributed by atoms with Crippen molar-refractivity contribution >= 4 is 48.9 Å². The van der Waals surface area contributed by atoms with Gasteiger partial charge in [-0.1, -0.05) is 56.6 Å². The smallest absolute Gasteiger partial charge is 0.416 e. The van der Waals surface area contributed by atoms with E-state index in [2.05, 4.69) is 39.2 Å². The molecule has 1 aromatic heterocycles. The average Bonchev–Trinajstić information content (AvgIpc) is 3.68. The summed E-state index contributed by atoms with van der Waals surface area (Å²) < 4.78 is 42.9. The van der Waals surface area contributed by atoms with Gasteiger partial charge in [-0.05, 0) is 61.7 Å². The van der Waals surface area contributed by atoms with Gasteiger partial charge in [0.1, 0.15) is 12.5 Å². The number of rotatable bonds is 13. The van der Waals surface area contributed by atoms with E-state index in [1.54, 1.807) is 20.9 Å². The number of hydrogen-bond donors (Lipinski definition) is 5. The molecule has 0 atom stereocenters. The molecule has 2 aromatic carbocycles. The highest BCUT2D eigenvalue weighted by molar-refractivity contribution is 6.31. The van der Waals surface area contributed by atoms with Crippen molar-refractivity contribution < 1.29 is 32.6 Å². The van der Waals surface area contributed by atoms with Gasteiger partial charge in [0.25, 0.3) is 5.56 Å². The Morgan fingerprint density at radius 1 is 1.20 bits per heavy atom. The Balaban J connectivity index is 0.00000132. The number of aliphatic hydroxyl groups is 1. The number of aliphatic hydroxyl groups excluding tert-OH is 1. The molecule has 0 saturated carbocycles. The van der Waals surface area contributed by atoms with E-state index in [1.807, 2.05) is 51.6 Å². The number of hydrogen-bond acceptors (Lipinski definition) is 12. The minimum atomic E-state index is -4.31. The highest BCUT2D eigenvalue weighted by atomic mass is 35.5. The number of aliphatic imine (C=N–C) groups is 1. The van der Waals surface area contributed by atoms with E-state index < -0.39 is 11.7 Å². The fraction of sp³-hybridized carbons (Fsp3) is 0.421. The topological polar surface area (TPSA) is 203 Å². The number of primary amides is 1. The first-order valence-electron chi connectivity index (χ1n) is 17.5. The summed E-state index contributed by atoms with van der Waals surface area (Å²) in [4.78, 5) is 41.2. The number of amides is 1. The second-order valence-electron chi connectivity index (χ2n) is 11.4. The van der Waals surface area contributed by atoms with Crippen LogP contribution in [0.5, 0.6) is 0 Å². The van der Waals surface area contributed by atoms with Crippen LogP contribution in [0.2, 0.25) is 5.02 Å². The Labute approximate surface area is 331 Å². The largest absolute Gasteiger partial charge is 0.504 e. The Morgan fingerprint density at radius 2 is 1.84 bits per heavy atom. The molecular formula is C38H55ClF3N9O5. The van der Waals surface area contributed by atoms with Crippen molar-refractivity contribution in [2.75, 3.05) is 43.9 Å². The van der Waals surface area contributed by atoms with Crippen LogP contribution < -0.4 is 32.6 Å². The molecule has 0 fully saturated rings. The minimum Gasteiger partial charge on any atom is -0.504 e. The van der Waals surface area contributed by atoms with Crippen molar-refractivity contribution in [3.8, 4) is 0 Å². The average molecular weight is 810 g/mol. The summed E-state index contributed by atoms with van der Waals surface area (Å²) >= 11 is 5.52. The van der Waals surface area contributed by atoms with Gasteiger partial charge in [0.05, 0.1) is 30.2 Å². The summed E-state index contributed by atoms with van der Waals surface area (Å²) in [6, 6.07) is 9.40. The van der Waals surface area contributed by atoms with Crippen molar-refractivity contribution in [1.82, 2.24) is 15.0 Å². The molecule has 0 aliphatic carbocycles. The maximum Gasteiger partial charge on any atom is 0.416 e. The fourth-order valence-electron chi connectivity index (χ4n) is 5.13. The minimum absolute atomic E-state index is 0.0348. The van der Waals surface area contributed by atoms with Crippen molar-refractivity contribution in [3.05, 3.63) is 96.7 Å². The van der Waals surface area contributed by atoms with Gasteiger partial charge < -0.3 is 41.6 Å². The third kappa shape index (κ3) is 15.1. The molecule has 1 aliphatic rings. The monoisotopic (exact) mass is 809 g/mol. The second kappa shape index (κ2) is 26.5. The van der Waals surface area contributed by atoms with Crippen LogP contribution in [0.1, 0.15) is 67.6 Å². The zero-order chi connectivity index (χ0) is 43.0. The van der Waals surface area contributed by atoms with Crippen LogP contribution in [-0.4, -0.2) is 74.1 Å². The number of carbonyl (C=O) groups excluding carboxylic acids is 2. The Bertz CT molecular complexity index is 1810. The van der Waals surface area contributed by atoms with Gasteiger partial charge in [-0.15, -0.1) is 0 Å². The van der Waals surface area contributed by atoms with Gasteiger partial charge in [0.15, 0.2) is 5.76 Å². The second-order valence-corrected chi connectivity index (χ2v) is 11.8. The maximum absolute atomic E-state index is 13.7. The van der Waals surface area contributed by atoms with Crippen molar-refractivity contribution in [2.45, 2.75) is 73.4 Å². The molecule has 0 spiro atoms. The van der Waals surface area contributed by atoms with Crippen molar-refractivity contribution in [1.29, 1.82) is 0 Å². The normalized spacial score (nSPS) is 12.0. The number of nitrogens with zero attached hydrogens (tertiary/aromatic N) is 5. The molecule has 18 heteroatoms. The van der Waals surface area contributed by atoms with E-state index in [0.717, 1.165) is 17.7 Å². The molecule has 310 valence electrons. The zero-order valence-corrected chi connectivity index (χ0v) is 33.9. The van der Waals surface area contributed by atoms with Crippen LogP contribution in [-0.2, 0) is 46.7 Å². The molecule has 0 saturated heterocycles. The lowest BCUT2D eigenvalue weighted by molar-refractivity contribution is -0.137. The Kier molecular flexibility index (Phi) is 24.0. The van der Waals surface area contributed by atoms with Gasteiger partial charge in [0.2, 0.25) is 12.4 Å². The Hall–Kier alpha value is -5.26. The summed E-state index contributed by atoms with van der Waals surface area (Å²) in [5.41, 5.74) is 14.9. The quantitative estimate of drug-likeness (QED) is 0.0803. The number of ether oxygens (including phenoxy) is 1. The number of likely N-dealkylation sites (N-methyl/N-ethyl adjacent to an activating group) is 1. The number of carbonyl (C=O) groups is 2. The lowest BCUT2D eigenvalue weighted by Crippen LogP contribution is -2.39. The van der Waals surface area contributed by atoms with Gasteiger partial charge in [-0.25, -0.2) is 4.98 Å². The molecule has 1 amide bonds. The van der Waals surface area contributed by atoms with Crippen molar-refractivity contribution in [2.24, 2.45) is 21.6 Å². The van der Waals surface area contributed by atoms with E-state index in [0.29, 0.717) is 86.5 Å². The predicted octanol–water partition coefficient (Wildman–Crippen LogP) is 5.76. The molecular weight excluding hydrogens is 755 g/mol. The first-order valence-corrected chi connectivity index (χ1v) is 17.9. The SMILES string of the molecule is C=Nn1c(NCc2cccc3c2COC3)nc(CC)c(N(CCNC)CCC(=NC)/C(O)=C(/C)N)c1=O.C=O.CC.Cc1ccc(C(F)(F)F)cc1Cl.NC=O. The number of fused-ring (bicyclic) bond motifs is 1. The molecule has 0 unspecified atom stereocenters. The molecule has 14 nitrogen and oxygen atoms in total. The van der Waals surface area contributed by atoms with Crippen LogP contribution in [0.25, 0.3) is 0 Å². The molecule has 1 aliphatic heterocycles. The van der Waals surface area contributed by atoms with Crippen molar-refractivity contribution in [3.63, 3.8) is 0 Å². The summed E-state index contributed by atoms with van der Waals surface area (Å²) in [5, 5.41) is 20.9. The third-order valence-corrected chi connectivity index (χ3v) is 8.29. The molecule has 0 radical (unpaired) electrons. The van der Waals surface area contributed by atoms with E-state index in [1.165, 1.54) is 21.9 Å².